The maximum Gasteiger partial charge on any atom is 0.257 e. The van der Waals surface area contributed by atoms with E-state index in [1.165, 1.54) is 11.3 Å². The number of nitrogens with two attached hydrogens (primary N) is 1. The number of nitrogen functional groups attached to an aromatic ring is 1. The molecule has 0 spiro atoms. The van der Waals surface area contributed by atoms with Gasteiger partial charge in [-0.1, -0.05) is 17.7 Å². The molecule has 22 heavy (non-hydrogen) atoms. The van der Waals surface area contributed by atoms with Crippen LogP contribution < -0.4 is 5.73 Å². The highest BCUT2D eigenvalue weighted by atomic mass is 35.5. The molecule has 0 aliphatic heterocycles. The topological polar surface area (TPSA) is 46.3 Å². The van der Waals surface area contributed by atoms with Gasteiger partial charge in [0.1, 0.15) is 0 Å². The van der Waals surface area contributed by atoms with Crippen molar-refractivity contribution in [3.8, 4) is 11.1 Å². The van der Waals surface area contributed by atoms with Gasteiger partial charge in [-0.05, 0) is 51.0 Å². The van der Waals surface area contributed by atoms with E-state index in [4.69, 9.17) is 17.3 Å². The molecule has 0 aliphatic carbocycles. The summed E-state index contributed by atoms with van der Waals surface area (Å²) in [6.45, 7) is 9.25. The number of amides is 1. The lowest BCUT2D eigenvalue weighted by molar-refractivity contribution is 0.0775. The molecule has 0 saturated heterocycles. The van der Waals surface area contributed by atoms with Crippen LogP contribution in [-0.4, -0.2) is 23.9 Å². The van der Waals surface area contributed by atoms with Gasteiger partial charge >= 0.3 is 0 Å². The Labute approximate surface area is 140 Å². The van der Waals surface area contributed by atoms with E-state index < -0.39 is 0 Å². The van der Waals surface area contributed by atoms with Gasteiger partial charge in [-0.15, -0.1) is 11.3 Å². The largest absolute Gasteiger partial charge is 0.390 e. The van der Waals surface area contributed by atoms with Crippen LogP contribution >= 0.6 is 22.9 Å². The van der Waals surface area contributed by atoms with Gasteiger partial charge in [-0.3, -0.25) is 4.79 Å². The molecule has 2 rings (SSSR count). The standard InChI is InChI=1S/C17H21ClN2OS/c1-5-20(6-2)17(21)15-14(11(4)22-16(15)19)12-7-8-13(18)10(3)9-12/h7-9H,5-6,19H2,1-4H3. The Kier molecular flexibility index (Phi) is 5.14. The molecule has 0 unspecified atom stereocenters. The van der Waals surface area contributed by atoms with Crippen molar-refractivity contribution >= 4 is 33.8 Å². The van der Waals surface area contributed by atoms with E-state index in [-0.39, 0.29) is 5.91 Å². The van der Waals surface area contributed by atoms with Crippen LogP contribution in [0, 0.1) is 13.8 Å². The summed E-state index contributed by atoms with van der Waals surface area (Å²) in [5.41, 5.74) is 9.67. The van der Waals surface area contributed by atoms with E-state index in [1.807, 2.05) is 45.9 Å². The Morgan fingerprint density at radius 1 is 1.27 bits per heavy atom. The van der Waals surface area contributed by atoms with Crippen molar-refractivity contribution in [2.45, 2.75) is 27.7 Å². The second kappa shape index (κ2) is 6.71. The molecule has 3 nitrogen and oxygen atoms in total. The zero-order valence-electron chi connectivity index (χ0n) is 13.4. The number of thiophene rings is 1. The minimum Gasteiger partial charge on any atom is -0.390 e. The Hall–Kier alpha value is -1.52. The highest BCUT2D eigenvalue weighted by molar-refractivity contribution is 7.16. The summed E-state index contributed by atoms with van der Waals surface area (Å²) in [6, 6.07) is 5.82. The number of carbonyl (C=O) groups excluding carboxylic acids is 1. The van der Waals surface area contributed by atoms with E-state index in [2.05, 4.69) is 0 Å². The van der Waals surface area contributed by atoms with E-state index >= 15 is 0 Å². The number of carbonyl (C=O) groups is 1. The Bertz CT molecular complexity index is 705. The summed E-state index contributed by atoms with van der Waals surface area (Å²) in [6.07, 6.45) is 0. The van der Waals surface area contributed by atoms with Crippen LogP contribution in [0.3, 0.4) is 0 Å². The van der Waals surface area contributed by atoms with Gasteiger partial charge in [0.15, 0.2) is 0 Å². The van der Waals surface area contributed by atoms with E-state index in [0.29, 0.717) is 23.7 Å². The third kappa shape index (κ3) is 2.99. The molecule has 2 N–H and O–H groups in total. The molecule has 0 aliphatic rings. The summed E-state index contributed by atoms with van der Waals surface area (Å²) in [7, 11) is 0. The second-order valence-electron chi connectivity index (χ2n) is 5.21. The van der Waals surface area contributed by atoms with Crippen molar-refractivity contribution in [2.75, 3.05) is 18.8 Å². The highest BCUT2D eigenvalue weighted by Gasteiger charge is 2.24. The van der Waals surface area contributed by atoms with Crippen LogP contribution in [0.15, 0.2) is 18.2 Å². The molecule has 0 bridgehead atoms. The molecule has 0 atom stereocenters. The maximum absolute atomic E-state index is 12.8. The number of benzene rings is 1. The van der Waals surface area contributed by atoms with Crippen LogP contribution in [0.2, 0.25) is 5.02 Å². The third-order valence-corrected chi connectivity index (χ3v) is 5.18. The highest BCUT2D eigenvalue weighted by Crippen LogP contribution is 2.39. The molecular formula is C17H21ClN2OS. The van der Waals surface area contributed by atoms with Gasteiger partial charge in [-0.25, -0.2) is 0 Å². The van der Waals surface area contributed by atoms with E-state index in [1.54, 1.807) is 4.90 Å². The van der Waals surface area contributed by atoms with Crippen LogP contribution in [0.4, 0.5) is 5.00 Å². The first-order valence-corrected chi connectivity index (χ1v) is 8.54. The summed E-state index contributed by atoms with van der Waals surface area (Å²) in [5, 5.41) is 1.30. The van der Waals surface area contributed by atoms with Crippen molar-refractivity contribution in [1.82, 2.24) is 4.90 Å². The van der Waals surface area contributed by atoms with Crippen LogP contribution in [-0.2, 0) is 0 Å². The normalized spacial score (nSPS) is 10.8. The average Bonchev–Trinajstić information content (AvgIpc) is 2.77. The fraction of sp³-hybridized carbons (Fsp3) is 0.353. The molecule has 1 aromatic carbocycles. The molecule has 5 heteroatoms. The monoisotopic (exact) mass is 336 g/mol. The minimum atomic E-state index is -0.00514. The minimum absolute atomic E-state index is 0.00514. The lowest BCUT2D eigenvalue weighted by Crippen LogP contribution is -2.31. The predicted molar refractivity (Wildman–Crippen MR) is 95.9 cm³/mol. The van der Waals surface area contributed by atoms with Gasteiger partial charge < -0.3 is 10.6 Å². The predicted octanol–water partition coefficient (Wildman–Crippen LogP) is 4.75. The number of anilines is 1. The lowest BCUT2D eigenvalue weighted by Gasteiger charge is -2.19. The van der Waals surface area contributed by atoms with Crippen molar-refractivity contribution < 1.29 is 4.79 Å². The smallest absolute Gasteiger partial charge is 0.257 e. The molecule has 1 heterocycles. The van der Waals surface area contributed by atoms with Crippen LogP contribution in [0.1, 0.15) is 34.6 Å². The summed E-state index contributed by atoms with van der Waals surface area (Å²) in [5.74, 6) is -0.00514. The number of nitrogens with zero attached hydrogens (tertiary/aromatic N) is 1. The first-order chi connectivity index (χ1) is 10.4. The van der Waals surface area contributed by atoms with E-state index in [9.17, 15) is 4.79 Å². The zero-order valence-corrected chi connectivity index (χ0v) is 14.9. The second-order valence-corrected chi connectivity index (χ2v) is 6.88. The summed E-state index contributed by atoms with van der Waals surface area (Å²) < 4.78 is 0. The number of rotatable bonds is 4. The Morgan fingerprint density at radius 3 is 2.45 bits per heavy atom. The van der Waals surface area contributed by atoms with Gasteiger partial charge in [0.25, 0.3) is 5.91 Å². The quantitative estimate of drug-likeness (QED) is 0.875. The fourth-order valence-corrected chi connectivity index (χ4v) is 3.66. The molecule has 1 amide bonds. The number of hydrogen-bond donors (Lipinski definition) is 1. The zero-order chi connectivity index (χ0) is 16.4. The molecule has 1 aromatic heterocycles. The molecular weight excluding hydrogens is 316 g/mol. The Morgan fingerprint density at radius 2 is 1.91 bits per heavy atom. The van der Waals surface area contributed by atoms with Gasteiger partial charge in [-0.2, -0.15) is 0 Å². The lowest BCUT2D eigenvalue weighted by atomic mass is 9.99. The fourth-order valence-electron chi connectivity index (χ4n) is 2.60. The van der Waals surface area contributed by atoms with Gasteiger partial charge in [0, 0.05) is 28.6 Å². The molecule has 0 radical (unpaired) electrons. The number of aryl methyl sites for hydroxylation is 2. The summed E-state index contributed by atoms with van der Waals surface area (Å²) >= 11 is 7.58. The number of halogens is 1. The Balaban J connectivity index is 2.61. The van der Waals surface area contributed by atoms with Gasteiger partial charge in [0.2, 0.25) is 0 Å². The maximum atomic E-state index is 12.8. The van der Waals surface area contributed by atoms with E-state index in [0.717, 1.165) is 26.6 Å². The molecule has 0 fully saturated rings. The molecule has 2 aromatic rings. The van der Waals surface area contributed by atoms with Crippen LogP contribution in [0.25, 0.3) is 11.1 Å². The summed E-state index contributed by atoms with van der Waals surface area (Å²) in [4.78, 5) is 15.7. The first-order valence-electron chi connectivity index (χ1n) is 7.35. The van der Waals surface area contributed by atoms with Crippen LogP contribution in [0.5, 0.6) is 0 Å². The van der Waals surface area contributed by atoms with Crippen molar-refractivity contribution in [1.29, 1.82) is 0 Å². The SMILES string of the molecule is CCN(CC)C(=O)c1c(N)sc(C)c1-c1ccc(Cl)c(C)c1. The van der Waals surface area contributed by atoms with Crippen molar-refractivity contribution in [3.05, 3.63) is 39.2 Å². The number of hydrogen-bond acceptors (Lipinski definition) is 3. The third-order valence-electron chi connectivity index (χ3n) is 3.82. The molecule has 0 saturated carbocycles. The van der Waals surface area contributed by atoms with Crippen molar-refractivity contribution in [3.63, 3.8) is 0 Å². The first kappa shape index (κ1) is 16.8. The van der Waals surface area contributed by atoms with Gasteiger partial charge in [0.05, 0.1) is 10.6 Å². The molecule has 118 valence electrons. The van der Waals surface area contributed by atoms with Crippen molar-refractivity contribution in [2.24, 2.45) is 0 Å². The average molecular weight is 337 g/mol.